The van der Waals surface area contributed by atoms with Crippen LogP contribution in [0.15, 0.2) is 0 Å². The number of piperidine rings is 1. The number of hydrazine groups is 1. The molecule has 0 aromatic rings. The molecule has 2 saturated heterocycles. The second-order valence-corrected chi connectivity index (χ2v) is 5.79. The van der Waals surface area contributed by atoms with E-state index in [1.165, 1.54) is 45.4 Å². The summed E-state index contributed by atoms with van der Waals surface area (Å²) in [7, 11) is 0. The molecule has 2 aliphatic heterocycles. The molecule has 15 heavy (non-hydrogen) atoms. The van der Waals surface area contributed by atoms with E-state index >= 15 is 0 Å². The Hall–Kier alpha value is -0.120. The minimum atomic E-state index is 0.293. The molecular weight excluding hydrogens is 186 g/mol. The van der Waals surface area contributed by atoms with Crippen molar-refractivity contribution in [2.45, 2.75) is 51.6 Å². The topological polar surface area (TPSA) is 18.5 Å². The largest absolute Gasteiger partial charge is 0.317 e. The zero-order chi connectivity index (χ0) is 10.9. The van der Waals surface area contributed by atoms with E-state index in [-0.39, 0.29) is 0 Å². The van der Waals surface area contributed by atoms with Gasteiger partial charge in [-0.3, -0.25) is 0 Å². The first kappa shape index (κ1) is 11.4. The number of nitrogens with zero attached hydrogens (tertiary/aromatic N) is 2. The van der Waals surface area contributed by atoms with Gasteiger partial charge < -0.3 is 5.32 Å². The Morgan fingerprint density at radius 2 is 1.73 bits per heavy atom. The molecule has 0 saturated carbocycles. The van der Waals surface area contributed by atoms with E-state index < -0.39 is 0 Å². The van der Waals surface area contributed by atoms with Crippen molar-refractivity contribution in [3.63, 3.8) is 0 Å². The normalized spacial score (nSPS) is 27.4. The van der Waals surface area contributed by atoms with E-state index in [1.54, 1.807) is 0 Å². The molecule has 2 aliphatic rings. The Bertz CT molecular complexity index is 203. The van der Waals surface area contributed by atoms with Crippen molar-refractivity contribution in [1.82, 2.24) is 15.3 Å². The monoisotopic (exact) mass is 211 g/mol. The van der Waals surface area contributed by atoms with Crippen molar-refractivity contribution in [2.24, 2.45) is 0 Å². The lowest BCUT2D eigenvalue weighted by Gasteiger charge is -2.44. The standard InChI is InChI=1S/C12H25N3/c1-12(2,3)15-10-4-9-14(15)11-5-7-13-8-6-11/h11,13H,4-10H2,1-3H3. The average molecular weight is 211 g/mol. The highest BCUT2D eigenvalue weighted by atomic mass is 15.7. The SMILES string of the molecule is CC(C)(C)N1CCCN1C1CCNCC1. The molecule has 0 aromatic heterocycles. The lowest BCUT2D eigenvalue weighted by molar-refractivity contribution is -0.0841. The highest BCUT2D eigenvalue weighted by Crippen LogP contribution is 2.26. The van der Waals surface area contributed by atoms with E-state index in [4.69, 9.17) is 0 Å². The van der Waals surface area contributed by atoms with Crippen molar-refractivity contribution in [3.8, 4) is 0 Å². The zero-order valence-electron chi connectivity index (χ0n) is 10.4. The Labute approximate surface area is 93.8 Å². The number of hydrogen-bond donors (Lipinski definition) is 1. The van der Waals surface area contributed by atoms with Gasteiger partial charge in [0, 0.05) is 24.7 Å². The van der Waals surface area contributed by atoms with Crippen LogP contribution in [0.3, 0.4) is 0 Å². The first-order valence-electron chi connectivity index (χ1n) is 6.34. The van der Waals surface area contributed by atoms with E-state index in [0.29, 0.717) is 5.54 Å². The maximum Gasteiger partial charge on any atom is 0.0272 e. The van der Waals surface area contributed by atoms with Crippen LogP contribution >= 0.6 is 0 Å². The van der Waals surface area contributed by atoms with E-state index in [0.717, 1.165) is 6.04 Å². The lowest BCUT2D eigenvalue weighted by Crippen LogP contribution is -2.54. The first-order chi connectivity index (χ1) is 7.09. The Balaban J connectivity index is 2.00. The lowest BCUT2D eigenvalue weighted by atomic mass is 10.1. The van der Waals surface area contributed by atoms with E-state index in [9.17, 15) is 0 Å². The van der Waals surface area contributed by atoms with Crippen LogP contribution in [0.2, 0.25) is 0 Å². The van der Waals surface area contributed by atoms with Gasteiger partial charge in [-0.05, 0) is 53.1 Å². The van der Waals surface area contributed by atoms with Crippen LogP contribution in [-0.4, -0.2) is 47.8 Å². The van der Waals surface area contributed by atoms with Gasteiger partial charge in [0.25, 0.3) is 0 Å². The van der Waals surface area contributed by atoms with Gasteiger partial charge in [0.2, 0.25) is 0 Å². The van der Waals surface area contributed by atoms with Crippen LogP contribution in [0.1, 0.15) is 40.0 Å². The molecule has 0 radical (unpaired) electrons. The molecule has 0 bridgehead atoms. The summed E-state index contributed by atoms with van der Waals surface area (Å²) in [6.45, 7) is 11.9. The summed E-state index contributed by atoms with van der Waals surface area (Å²) in [4.78, 5) is 0. The molecule has 0 aliphatic carbocycles. The molecule has 0 amide bonds. The molecule has 1 N–H and O–H groups in total. The van der Waals surface area contributed by atoms with Gasteiger partial charge in [-0.15, -0.1) is 0 Å². The molecule has 0 atom stereocenters. The van der Waals surface area contributed by atoms with E-state index in [1.807, 2.05) is 0 Å². The molecule has 2 heterocycles. The predicted molar refractivity (Wildman–Crippen MR) is 63.7 cm³/mol. The highest BCUT2D eigenvalue weighted by molar-refractivity contribution is 4.85. The fraction of sp³-hybridized carbons (Fsp3) is 1.00. The van der Waals surface area contributed by atoms with Crippen molar-refractivity contribution in [2.75, 3.05) is 26.2 Å². The van der Waals surface area contributed by atoms with Crippen LogP contribution in [0, 0.1) is 0 Å². The smallest absolute Gasteiger partial charge is 0.0272 e. The van der Waals surface area contributed by atoms with Crippen LogP contribution in [0.5, 0.6) is 0 Å². The quantitative estimate of drug-likeness (QED) is 0.708. The number of hydrogen-bond acceptors (Lipinski definition) is 3. The third-order valence-corrected chi connectivity index (χ3v) is 3.57. The van der Waals surface area contributed by atoms with Gasteiger partial charge in [-0.25, -0.2) is 10.0 Å². The molecular formula is C12H25N3. The van der Waals surface area contributed by atoms with Gasteiger partial charge in [-0.2, -0.15) is 0 Å². The van der Waals surface area contributed by atoms with Crippen molar-refractivity contribution in [3.05, 3.63) is 0 Å². The second kappa shape index (κ2) is 4.40. The Morgan fingerprint density at radius 3 is 2.33 bits per heavy atom. The molecule has 0 spiro atoms. The molecule has 2 fully saturated rings. The van der Waals surface area contributed by atoms with E-state index in [2.05, 4.69) is 36.1 Å². The fourth-order valence-corrected chi connectivity index (χ4v) is 2.84. The minimum absolute atomic E-state index is 0.293. The molecule has 3 nitrogen and oxygen atoms in total. The number of nitrogens with one attached hydrogen (secondary N) is 1. The summed E-state index contributed by atoms with van der Waals surface area (Å²) in [6.07, 6.45) is 3.96. The van der Waals surface area contributed by atoms with Crippen LogP contribution < -0.4 is 5.32 Å². The summed E-state index contributed by atoms with van der Waals surface area (Å²) in [5.41, 5.74) is 0.293. The third kappa shape index (κ3) is 2.52. The van der Waals surface area contributed by atoms with Gasteiger partial charge in [-0.1, -0.05) is 0 Å². The van der Waals surface area contributed by atoms with Gasteiger partial charge in [0.1, 0.15) is 0 Å². The molecule has 88 valence electrons. The molecule has 0 unspecified atom stereocenters. The Kier molecular flexibility index (Phi) is 3.33. The average Bonchev–Trinajstić information content (AvgIpc) is 2.67. The summed E-state index contributed by atoms with van der Waals surface area (Å²) in [5.74, 6) is 0. The first-order valence-corrected chi connectivity index (χ1v) is 6.34. The van der Waals surface area contributed by atoms with Gasteiger partial charge in [0.15, 0.2) is 0 Å². The molecule has 2 rings (SSSR count). The van der Waals surface area contributed by atoms with Gasteiger partial charge >= 0.3 is 0 Å². The molecule has 3 heteroatoms. The van der Waals surface area contributed by atoms with Crippen LogP contribution in [-0.2, 0) is 0 Å². The summed E-state index contributed by atoms with van der Waals surface area (Å²) in [5, 5.41) is 8.67. The Morgan fingerprint density at radius 1 is 1.07 bits per heavy atom. The minimum Gasteiger partial charge on any atom is -0.317 e. The van der Waals surface area contributed by atoms with Gasteiger partial charge in [0.05, 0.1) is 0 Å². The van der Waals surface area contributed by atoms with Crippen LogP contribution in [0.4, 0.5) is 0 Å². The zero-order valence-corrected chi connectivity index (χ0v) is 10.4. The summed E-state index contributed by atoms with van der Waals surface area (Å²) >= 11 is 0. The van der Waals surface area contributed by atoms with Crippen LogP contribution in [0.25, 0.3) is 0 Å². The van der Waals surface area contributed by atoms with Crippen molar-refractivity contribution >= 4 is 0 Å². The second-order valence-electron chi connectivity index (χ2n) is 5.79. The number of rotatable bonds is 1. The third-order valence-electron chi connectivity index (χ3n) is 3.57. The fourth-order valence-electron chi connectivity index (χ4n) is 2.84. The maximum atomic E-state index is 3.45. The predicted octanol–water partition coefficient (Wildman–Crippen LogP) is 1.46. The highest BCUT2D eigenvalue weighted by Gasteiger charge is 2.35. The summed E-state index contributed by atoms with van der Waals surface area (Å²) < 4.78 is 0. The maximum absolute atomic E-state index is 3.45. The molecule has 0 aromatic carbocycles. The van der Waals surface area contributed by atoms with Crippen molar-refractivity contribution < 1.29 is 0 Å². The van der Waals surface area contributed by atoms with Crippen molar-refractivity contribution in [1.29, 1.82) is 0 Å². The summed E-state index contributed by atoms with van der Waals surface area (Å²) in [6, 6.07) is 0.785.